The molecule has 0 atom stereocenters. The molecule has 0 saturated heterocycles. The molecule has 1 aliphatic rings. The second-order valence-electron chi connectivity index (χ2n) is 3.84. The maximum Gasteiger partial charge on any atom is 0.433 e. The van der Waals surface area contributed by atoms with Crippen molar-refractivity contribution in [1.82, 2.24) is 5.48 Å². The van der Waals surface area contributed by atoms with Crippen LogP contribution in [0.3, 0.4) is 0 Å². The van der Waals surface area contributed by atoms with Crippen LogP contribution in [0.4, 0.5) is 5.88 Å². The zero-order valence-corrected chi connectivity index (χ0v) is 8.85. The van der Waals surface area contributed by atoms with E-state index in [9.17, 15) is 10.1 Å². The number of furan rings is 1. The first-order valence-electron chi connectivity index (χ1n) is 5.37. The van der Waals surface area contributed by atoms with Crippen molar-refractivity contribution in [3.8, 4) is 0 Å². The summed E-state index contributed by atoms with van der Waals surface area (Å²) in [4.78, 5) is 15.2. The van der Waals surface area contributed by atoms with E-state index in [0.717, 1.165) is 12.8 Å². The first kappa shape index (κ1) is 11.1. The van der Waals surface area contributed by atoms with Gasteiger partial charge in [0.1, 0.15) is 10.7 Å². The van der Waals surface area contributed by atoms with Gasteiger partial charge in [0.25, 0.3) is 0 Å². The van der Waals surface area contributed by atoms with Gasteiger partial charge in [0.05, 0.1) is 18.7 Å². The Bertz CT molecular complexity index is 357. The minimum Gasteiger partial charge on any atom is -0.404 e. The van der Waals surface area contributed by atoms with Crippen LogP contribution < -0.4 is 5.48 Å². The summed E-state index contributed by atoms with van der Waals surface area (Å²) in [6.07, 6.45) is 4.83. The topological polar surface area (TPSA) is 77.5 Å². The second kappa shape index (κ2) is 5.09. The summed E-state index contributed by atoms with van der Waals surface area (Å²) in [5.41, 5.74) is 2.78. The van der Waals surface area contributed by atoms with E-state index in [1.807, 2.05) is 0 Å². The van der Waals surface area contributed by atoms with Crippen LogP contribution in [0.15, 0.2) is 16.5 Å². The third-order valence-corrected chi connectivity index (χ3v) is 2.63. The number of hydroxylamine groups is 1. The Kier molecular flexibility index (Phi) is 3.53. The lowest BCUT2D eigenvalue weighted by Crippen LogP contribution is -2.20. The van der Waals surface area contributed by atoms with Crippen molar-refractivity contribution >= 4 is 5.88 Å². The van der Waals surface area contributed by atoms with Crippen LogP contribution in [0.2, 0.25) is 0 Å². The van der Waals surface area contributed by atoms with Crippen molar-refractivity contribution in [3.63, 3.8) is 0 Å². The molecular weight excluding hydrogens is 212 g/mol. The van der Waals surface area contributed by atoms with Crippen LogP contribution in [0.1, 0.15) is 31.4 Å². The summed E-state index contributed by atoms with van der Waals surface area (Å²) < 4.78 is 4.97. The molecule has 88 valence electrons. The fraction of sp³-hybridized carbons (Fsp3) is 0.600. The predicted octanol–water partition coefficient (Wildman–Crippen LogP) is 2.15. The van der Waals surface area contributed by atoms with E-state index in [2.05, 4.69) is 5.48 Å². The molecule has 1 N–H and O–H groups in total. The molecule has 1 saturated carbocycles. The van der Waals surface area contributed by atoms with Gasteiger partial charge in [-0.05, 0) is 18.9 Å². The van der Waals surface area contributed by atoms with E-state index in [1.54, 1.807) is 6.07 Å². The lowest BCUT2D eigenvalue weighted by Gasteiger charge is -2.09. The molecule has 1 aliphatic carbocycles. The highest BCUT2D eigenvalue weighted by Crippen LogP contribution is 2.20. The molecule has 1 aromatic heterocycles. The molecule has 0 unspecified atom stereocenters. The third kappa shape index (κ3) is 2.80. The molecule has 0 spiro atoms. The zero-order valence-electron chi connectivity index (χ0n) is 8.85. The molecule has 0 aromatic carbocycles. The molecular formula is C10H14N2O4. The molecule has 6 nitrogen and oxygen atoms in total. The zero-order chi connectivity index (χ0) is 11.4. The molecule has 0 aliphatic heterocycles. The van der Waals surface area contributed by atoms with Crippen LogP contribution >= 0.6 is 0 Å². The first-order chi connectivity index (χ1) is 7.75. The van der Waals surface area contributed by atoms with Gasteiger partial charge in [0, 0.05) is 0 Å². The van der Waals surface area contributed by atoms with Gasteiger partial charge >= 0.3 is 5.88 Å². The van der Waals surface area contributed by atoms with E-state index in [0.29, 0.717) is 12.3 Å². The van der Waals surface area contributed by atoms with Gasteiger partial charge in [-0.15, -0.1) is 0 Å². The van der Waals surface area contributed by atoms with Gasteiger partial charge in [0.2, 0.25) is 0 Å². The second-order valence-corrected chi connectivity index (χ2v) is 3.84. The normalized spacial score (nSPS) is 16.8. The number of nitrogens with zero attached hydrogens (tertiary/aromatic N) is 1. The van der Waals surface area contributed by atoms with E-state index < -0.39 is 4.92 Å². The Labute approximate surface area is 92.7 Å². The van der Waals surface area contributed by atoms with Crippen molar-refractivity contribution in [1.29, 1.82) is 0 Å². The average molecular weight is 226 g/mol. The summed E-state index contributed by atoms with van der Waals surface area (Å²) in [5, 5.41) is 10.4. The smallest absolute Gasteiger partial charge is 0.404 e. The highest BCUT2D eigenvalue weighted by atomic mass is 16.7. The SMILES string of the molecule is O=[N+]([O-])c1ccc(CNOC2CCCC2)o1. The third-order valence-electron chi connectivity index (χ3n) is 2.63. The van der Waals surface area contributed by atoms with Gasteiger partial charge in [-0.3, -0.25) is 15.0 Å². The standard InChI is InChI=1S/C10H14N2O4/c13-12(14)10-6-5-9(15-10)7-11-16-8-3-1-2-4-8/h5-6,8,11H,1-4,7H2. The maximum atomic E-state index is 10.4. The van der Waals surface area contributed by atoms with E-state index in [-0.39, 0.29) is 12.0 Å². The van der Waals surface area contributed by atoms with Crippen LogP contribution in [0, 0.1) is 10.1 Å². The Morgan fingerprint density at radius 3 is 2.88 bits per heavy atom. The Morgan fingerprint density at radius 1 is 1.50 bits per heavy atom. The van der Waals surface area contributed by atoms with Gasteiger partial charge in [-0.25, -0.2) is 0 Å². The van der Waals surface area contributed by atoms with Crippen molar-refractivity contribution in [3.05, 3.63) is 28.0 Å². The average Bonchev–Trinajstić information content (AvgIpc) is 2.87. The lowest BCUT2D eigenvalue weighted by molar-refractivity contribution is -0.402. The number of rotatable bonds is 5. The molecule has 1 heterocycles. The molecule has 1 fully saturated rings. The Morgan fingerprint density at radius 2 is 2.25 bits per heavy atom. The molecule has 0 amide bonds. The number of nitrogens with one attached hydrogen (secondary N) is 1. The summed E-state index contributed by atoms with van der Waals surface area (Å²) in [7, 11) is 0. The van der Waals surface area contributed by atoms with Crippen LogP contribution in [0.25, 0.3) is 0 Å². The first-order valence-corrected chi connectivity index (χ1v) is 5.37. The molecule has 16 heavy (non-hydrogen) atoms. The molecule has 0 bridgehead atoms. The van der Waals surface area contributed by atoms with Gasteiger partial charge in [-0.2, -0.15) is 5.48 Å². The Hall–Kier alpha value is -1.40. The highest BCUT2D eigenvalue weighted by molar-refractivity contribution is 5.17. The van der Waals surface area contributed by atoms with Crippen LogP contribution in [-0.2, 0) is 11.4 Å². The van der Waals surface area contributed by atoms with E-state index in [4.69, 9.17) is 9.25 Å². The quantitative estimate of drug-likeness (QED) is 0.614. The van der Waals surface area contributed by atoms with Gasteiger partial charge < -0.3 is 4.42 Å². The number of hydrogen-bond acceptors (Lipinski definition) is 5. The minimum atomic E-state index is -0.554. The predicted molar refractivity (Wildman–Crippen MR) is 55.5 cm³/mol. The molecule has 0 radical (unpaired) electrons. The fourth-order valence-corrected chi connectivity index (χ4v) is 1.80. The van der Waals surface area contributed by atoms with E-state index in [1.165, 1.54) is 18.9 Å². The summed E-state index contributed by atoms with van der Waals surface area (Å²) in [5.74, 6) is 0.266. The monoisotopic (exact) mass is 226 g/mol. The van der Waals surface area contributed by atoms with Gasteiger partial charge in [-0.1, -0.05) is 12.8 Å². The largest absolute Gasteiger partial charge is 0.433 e. The molecule has 2 rings (SSSR count). The summed E-state index contributed by atoms with van der Waals surface area (Å²) in [6, 6.07) is 2.91. The van der Waals surface area contributed by atoms with Crippen molar-refractivity contribution < 1.29 is 14.2 Å². The lowest BCUT2D eigenvalue weighted by atomic mass is 10.3. The minimum absolute atomic E-state index is 0.238. The van der Waals surface area contributed by atoms with Crippen molar-refractivity contribution in [2.75, 3.05) is 0 Å². The van der Waals surface area contributed by atoms with Crippen molar-refractivity contribution in [2.24, 2.45) is 0 Å². The number of nitro groups is 1. The highest BCUT2D eigenvalue weighted by Gasteiger charge is 2.16. The molecule has 6 heteroatoms. The fourth-order valence-electron chi connectivity index (χ4n) is 1.80. The van der Waals surface area contributed by atoms with Crippen LogP contribution in [-0.4, -0.2) is 11.0 Å². The van der Waals surface area contributed by atoms with Crippen LogP contribution in [0.5, 0.6) is 0 Å². The van der Waals surface area contributed by atoms with Gasteiger partial charge in [0.15, 0.2) is 0 Å². The number of hydrogen-bond donors (Lipinski definition) is 1. The maximum absolute atomic E-state index is 10.4. The summed E-state index contributed by atoms with van der Waals surface area (Å²) >= 11 is 0. The molecule has 1 aromatic rings. The van der Waals surface area contributed by atoms with Crippen molar-refractivity contribution in [2.45, 2.75) is 38.3 Å². The summed E-state index contributed by atoms with van der Waals surface area (Å²) in [6.45, 7) is 0.352. The Balaban J connectivity index is 1.74. The van der Waals surface area contributed by atoms with E-state index >= 15 is 0 Å².